The first kappa shape index (κ1) is 22.4. The molecule has 0 aromatic heterocycles. The van der Waals surface area contributed by atoms with Crippen molar-refractivity contribution in [3.05, 3.63) is 58.6 Å². The molecule has 0 bridgehead atoms. The molecule has 2 aromatic rings. The van der Waals surface area contributed by atoms with Gasteiger partial charge in [0.05, 0.1) is 26.7 Å². The summed E-state index contributed by atoms with van der Waals surface area (Å²) in [5.41, 5.74) is 6.43. The van der Waals surface area contributed by atoms with Crippen molar-refractivity contribution in [2.45, 2.75) is 25.2 Å². The first-order valence-corrected chi connectivity index (χ1v) is 10.1. The van der Waals surface area contributed by atoms with Crippen molar-refractivity contribution in [1.29, 1.82) is 0 Å². The Morgan fingerprint density at radius 3 is 2.87 bits per heavy atom. The third-order valence-corrected chi connectivity index (χ3v) is 5.28. The van der Waals surface area contributed by atoms with Crippen molar-refractivity contribution in [2.24, 2.45) is 5.73 Å². The number of hydrogen-bond acceptors (Lipinski definition) is 6. The predicted molar refractivity (Wildman–Crippen MR) is 114 cm³/mol. The van der Waals surface area contributed by atoms with E-state index in [-0.39, 0.29) is 19.6 Å². The maximum Gasteiger partial charge on any atom is 0.220 e. The lowest BCUT2D eigenvalue weighted by Crippen LogP contribution is -2.56. The summed E-state index contributed by atoms with van der Waals surface area (Å²) >= 11 is 6.02. The highest BCUT2D eigenvalue weighted by molar-refractivity contribution is 6.30. The maximum absolute atomic E-state index is 11.8. The van der Waals surface area contributed by atoms with Crippen LogP contribution in [0.15, 0.2) is 42.5 Å². The molecular formula is C22H27ClN2O5. The Hall–Kier alpha value is -2.32. The third kappa shape index (κ3) is 5.86. The second kappa shape index (κ2) is 10.1. The molecule has 1 atom stereocenters. The average Bonchev–Trinajstić information content (AvgIpc) is 2.72. The molecule has 1 aliphatic heterocycles. The van der Waals surface area contributed by atoms with Crippen molar-refractivity contribution in [1.82, 2.24) is 4.90 Å². The zero-order valence-corrected chi connectivity index (χ0v) is 17.7. The van der Waals surface area contributed by atoms with Gasteiger partial charge in [0.2, 0.25) is 5.91 Å². The SMILES string of the molecule is COc1ccc(CN2CCO[C@@](COc3cccc(Cl)c3)(CC(N)=O)C2)cc1CO. The standard InChI is InChI=1S/C22H27ClN2O5/c1-28-20-6-5-16(9-17(20)13-26)12-25-7-8-30-22(14-25,11-21(24)27)15-29-19-4-2-3-18(23)10-19/h2-6,9-10,26H,7-8,11-15H2,1H3,(H2,24,27)/t22-/m0/s1. The maximum atomic E-state index is 11.8. The quantitative estimate of drug-likeness (QED) is 0.629. The summed E-state index contributed by atoms with van der Waals surface area (Å²) in [6, 6.07) is 12.8. The van der Waals surface area contributed by atoms with Gasteiger partial charge in [0.15, 0.2) is 0 Å². The molecule has 0 saturated carbocycles. The Labute approximate surface area is 181 Å². The van der Waals surface area contributed by atoms with Gasteiger partial charge in [-0.25, -0.2) is 0 Å². The van der Waals surface area contributed by atoms with E-state index in [1.807, 2.05) is 18.2 Å². The lowest BCUT2D eigenvalue weighted by atomic mass is 9.97. The first-order valence-electron chi connectivity index (χ1n) is 9.73. The highest BCUT2D eigenvalue weighted by Crippen LogP contribution is 2.27. The molecule has 8 heteroatoms. The molecule has 0 aliphatic carbocycles. The Bertz CT molecular complexity index is 878. The minimum absolute atomic E-state index is 0.0502. The van der Waals surface area contributed by atoms with Gasteiger partial charge in [0.1, 0.15) is 23.7 Å². The second-order valence-electron chi connectivity index (χ2n) is 7.44. The van der Waals surface area contributed by atoms with E-state index in [0.717, 1.165) is 11.1 Å². The molecule has 3 N–H and O–H groups in total. The zero-order valence-electron chi connectivity index (χ0n) is 17.0. The topological polar surface area (TPSA) is 94.3 Å². The summed E-state index contributed by atoms with van der Waals surface area (Å²) < 4.78 is 17.2. The molecule has 1 heterocycles. The molecule has 3 rings (SSSR count). The average molecular weight is 435 g/mol. The van der Waals surface area contributed by atoms with Gasteiger partial charge in [0.25, 0.3) is 0 Å². The molecule has 162 valence electrons. The number of carbonyl (C=O) groups is 1. The molecule has 0 unspecified atom stereocenters. The number of aliphatic hydroxyl groups is 1. The normalized spacial score (nSPS) is 19.4. The van der Waals surface area contributed by atoms with E-state index in [1.165, 1.54) is 0 Å². The van der Waals surface area contributed by atoms with E-state index >= 15 is 0 Å². The predicted octanol–water partition coefficient (Wildman–Crippen LogP) is 2.37. The summed E-state index contributed by atoms with van der Waals surface area (Å²) in [5.74, 6) is 0.814. The number of halogens is 1. The lowest BCUT2D eigenvalue weighted by Gasteiger charge is -2.42. The van der Waals surface area contributed by atoms with Gasteiger partial charge in [0, 0.05) is 30.2 Å². The summed E-state index contributed by atoms with van der Waals surface area (Å²) in [6.45, 7) is 2.36. The largest absolute Gasteiger partial charge is 0.496 e. The number of hydrogen-bond donors (Lipinski definition) is 2. The van der Waals surface area contributed by atoms with Crippen LogP contribution in [-0.2, 0) is 22.7 Å². The van der Waals surface area contributed by atoms with E-state index in [4.69, 9.17) is 31.5 Å². The Morgan fingerprint density at radius 2 is 2.17 bits per heavy atom. The van der Waals surface area contributed by atoms with Crippen LogP contribution < -0.4 is 15.2 Å². The van der Waals surface area contributed by atoms with Gasteiger partial charge < -0.3 is 25.1 Å². The number of carbonyl (C=O) groups excluding carboxylic acids is 1. The monoisotopic (exact) mass is 434 g/mol. The van der Waals surface area contributed by atoms with Crippen LogP contribution in [0.2, 0.25) is 5.02 Å². The minimum atomic E-state index is -0.849. The zero-order chi connectivity index (χ0) is 21.6. The van der Waals surface area contributed by atoms with E-state index < -0.39 is 11.5 Å². The molecule has 0 spiro atoms. The number of ether oxygens (including phenoxy) is 3. The molecule has 7 nitrogen and oxygen atoms in total. The van der Waals surface area contributed by atoms with Crippen LogP contribution in [0.3, 0.4) is 0 Å². The number of benzene rings is 2. The number of methoxy groups -OCH3 is 1. The van der Waals surface area contributed by atoms with Crippen LogP contribution in [-0.4, -0.2) is 54.9 Å². The van der Waals surface area contributed by atoms with Crippen LogP contribution in [0.1, 0.15) is 17.5 Å². The van der Waals surface area contributed by atoms with Crippen molar-refractivity contribution < 1.29 is 24.1 Å². The Balaban J connectivity index is 1.72. The molecule has 1 fully saturated rings. The van der Waals surface area contributed by atoms with E-state index in [2.05, 4.69) is 4.90 Å². The van der Waals surface area contributed by atoms with Crippen LogP contribution in [0, 0.1) is 0 Å². The lowest BCUT2D eigenvalue weighted by molar-refractivity contribution is -0.148. The second-order valence-corrected chi connectivity index (χ2v) is 7.87. The van der Waals surface area contributed by atoms with Gasteiger partial charge in [-0.2, -0.15) is 0 Å². The van der Waals surface area contributed by atoms with Gasteiger partial charge in [-0.05, 0) is 35.9 Å². The van der Waals surface area contributed by atoms with Crippen molar-refractivity contribution in [3.63, 3.8) is 0 Å². The number of nitrogens with zero attached hydrogens (tertiary/aromatic N) is 1. The number of amides is 1. The molecule has 30 heavy (non-hydrogen) atoms. The number of rotatable bonds is 9. The first-order chi connectivity index (χ1) is 14.4. The highest BCUT2D eigenvalue weighted by Gasteiger charge is 2.39. The fraction of sp³-hybridized carbons (Fsp3) is 0.409. The summed E-state index contributed by atoms with van der Waals surface area (Å²) in [6.07, 6.45) is 0.0502. The van der Waals surface area contributed by atoms with Gasteiger partial charge >= 0.3 is 0 Å². The van der Waals surface area contributed by atoms with Gasteiger partial charge in [-0.1, -0.05) is 23.7 Å². The van der Waals surface area contributed by atoms with Crippen molar-refractivity contribution in [2.75, 3.05) is 33.4 Å². The fourth-order valence-electron chi connectivity index (χ4n) is 3.70. The molecular weight excluding hydrogens is 408 g/mol. The van der Waals surface area contributed by atoms with Crippen LogP contribution in [0.25, 0.3) is 0 Å². The van der Waals surface area contributed by atoms with Gasteiger partial charge in [-0.3, -0.25) is 9.69 Å². The summed E-state index contributed by atoms with van der Waals surface area (Å²) in [7, 11) is 1.58. The summed E-state index contributed by atoms with van der Waals surface area (Å²) in [4.78, 5) is 14.0. The molecule has 1 aliphatic rings. The summed E-state index contributed by atoms with van der Waals surface area (Å²) in [5, 5.41) is 10.1. The Kier molecular flexibility index (Phi) is 7.55. The van der Waals surface area contributed by atoms with Crippen LogP contribution in [0.4, 0.5) is 0 Å². The van der Waals surface area contributed by atoms with Crippen LogP contribution in [0.5, 0.6) is 11.5 Å². The smallest absolute Gasteiger partial charge is 0.220 e. The molecule has 2 aromatic carbocycles. The molecule has 0 radical (unpaired) electrons. The fourth-order valence-corrected chi connectivity index (χ4v) is 3.89. The van der Waals surface area contributed by atoms with Gasteiger partial charge in [-0.15, -0.1) is 0 Å². The van der Waals surface area contributed by atoms with Crippen LogP contribution >= 0.6 is 11.6 Å². The van der Waals surface area contributed by atoms with E-state index in [9.17, 15) is 9.90 Å². The highest BCUT2D eigenvalue weighted by atomic mass is 35.5. The molecule has 1 saturated heterocycles. The number of morpholine rings is 1. The minimum Gasteiger partial charge on any atom is -0.496 e. The van der Waals surface area contributed by atoms with E-state index in [0.29, 0.717) is 42.8 Å². The Morgan fingerprint density at radius 1 is 1.33 bits per heavy atom. The molecule has 1 amide bonds. The van der Waals surface area contributed by atoms with Crippen molar-refractivity contribution in [3.8, 4) is 11.5 Å². The number of nitrogens with two attached hydrogens (primary N) is 1. The van der Waals surface area contributed by atoms with Crippen molar-refractivity contribution >= 4 is 17.5 Å². The number of aliphatic hydroxyl groups excluding tert-OH is 1. The van der Waals surface area contributed by atoms with E-state index in [1.54, 1.807) is 31.4 Å². The number of primary amides is 1. The third-order valence-electron chi connectivity index (χ3n) is 5.04.